The molecule has 0 aliphatic rings. The second-order valence-corrected chi connectivity index (χ2v) is 1.98. The van der Waals surface area contributed by atoms with Crippen molar-refractivity contribution < 1.29 is 41.8 Å². The molecule has 0 fully saturated rings. The first-order chi connectivity index (χ1) is 4.72. The first-order valence-electron chi connectivity index (χ1n) is 3.20. The molecule has 0 heterocycles. The minimum Gasteiger partial charge on any atom is -0.400 e. The van der Waals surface area contributed by atoms with E-state index >= 15 is 0 Å². The summed E-state index contributed by atoms with van der Waals surface area (Å²) in [5, 5.41) is 0. The molecule has 1 radical (unpaired) electrons. The standard InChI is InChI=1S/C8H13FO.Y/c1-4-8(9)7(2)5-6-10-3;/h4-5H,6H2,1-3H3;/q-2;/b8-7+;. The van der Waals surface area contributed by atoms with Crippen LogP contribution < -0.4 is 0 Å². The summed E-state index contributed by atoms with van der Waals surface area (Å²) in [4.78, 5) is 0. The molecule has 0 rings (SSSR count). The summed E-state index contributed by atoms with van der Waals surface area (Å²) >= 11 is 0. The van der Waals surface area contributed by atoms with E-state index in [1.54, 1.807) is 27.4 Å². The van der Waals surface area contributed by atoms with Crippen LogP contribution in [0.3, 0.4) is 0 Å². The van der Waals surface area contributed by atoms with Crippen LogP contribution in [0.4, 0.5) is 4.39 Å². The van der Waals surface area contributed by atoms with Crippen LogP contribution in [0.15, 0.2) is 11.4 Å². The molecule has 0 N–H and O–H groups in total. The third-order valence-corrected chi connectivity index (χ3v) is 1.19. The van der Waals surface area contributed by atoms with E-state index in [4.69, 9.17) is 4.74 Å². The van der Waals surface area contributed by atoms with E-state index in [-0.39, 0.29) is 38.5 Å². The van der Waals surface area contributed by atoms with Gasteiger partial charge < -0.3 is 14.7 Å². The summed E-state index contributed by atoms with van der Waals surface area (Å²) in [6.45, 7) is 3.85. The zero-order valence-electron chi connectivity index (χ0n) is 7.23. The van der Waals surface area contributed by atoms with E-state index in [1.165, 1.54) is 6.42 Å². The summed E-state index contributed by atoms with van der Waals surface area (Å²) < 4.78 is 17.3. The Morgan fingerprint density at radius 3 is 2.45 bits per heavy atom. The normalized spacial score (nSPS) is 11.3. The van der Waals surface area contributed by atoms with Gasteiger partial charge >= 0.3 is 0 Å². The first kappa shape index (κ1) is 14.0. The molecule has 0 aromatic heterocycles. The van der Waals surface area contributed by atoms with Gasteiger partial charge in [0, 0.05) is 39.8 Å². The van der Waals surface area contributed by atoms with Crippen molar-refractivity contribution >= 4 is 0 Å². The van der Waals surface area contributed by atoms with Gasteiger partial charge in [-0.05, 0) is 6.61 Å². The third kappa shape index (κ3) is 6.86. The second-order valence-electron chi connectivity index (χ2n) is 1.98. The molecule has 0 bridgehead atoms. The molecule has 1 nitrogen and oxygen atoms in total. The zero-order valence-corrected chi connectivity index (χ0v) is 10.1. The van der Waals surface area contributed by atoms with Crippen LogP contribution in [0.1, 0.15) is 13.8 Å². The van der Waals surface area contributed by atoms with Crippen molar-refractivity contribution in [1.82, 2.24) is 0 Å². The maximum absolute atomic E-state index is 12.6. The van der Waals surface area contributed by atoms with Gasteiger partial charge in [0.25, 0.3) is 0 Å². The molecule has 0 unspecified atom stereocenters. The molecule has 0 aliphatic heterocycles. The van der Waals surface area contributed by atoms with Crippen molar-refractivity contribution in [3.8, 4) is 0 Å². The molecule has 0 amide bonds. The number of allylic oxidation sites excluding steroid dienone is 1. The zero-order chi connectivity index (χ0) is 7.98. The van der Waals surface area contributed by atoms with Crippen LogP contribution in [-0.4, -0.2) is 13.7 Å². The van der Waals surface area contributed by atoms with Crippen LogP contribution in [-0.2, 0) is 37.4 Å². The Kier molecular flexibility index (Phi) is 10.9. The van der Waals surface area contributed by atoms with Gasteiger partial charge in [-0.2, -0.15) is 5.83 Å². The Balaban J connectivity index is 0. The Hall–Kier alpha value is 0.474. The number of halogens is 1. The van der Waals surface area contributed by atoms with Crippen LogP contribution in [0, 0.1) is 12.8 Å². The van der Waals surface area contributed by atoms with Gasteiger partial charge in [0.15, 0.2) is 0 Å². The quantitative estimate of drug-likeness (QED) is 0.677. The summed E-state index contributed by atoms with van der Waals surface area (Å²) in [5.41, 5.74) is 0.629. The molecule has 11 heavy (non-hydrogen) atoms. The van der Waals surface area contributed by atoms with Gasteiger partial charge in [-0.25, -0.2) is 0 Å². The van der Waals surface area contributed by atoms with E-state index < -0.39 is 0 Å². The molecule has 3 heteroatoms. The fourth-order valence-corrected chi connectivity index (χ4v) is 0.534. The molecule has 0 saturated carbocycles. The molecule has 0 aliphatic carbocycles. The summed E-state index contributed by atoms with van der Waals surface area (Å²) in [7, 11) is 1.58. The monoisotopic (exact) mass is 233 g/mol. The topological polar surface area (TPSA) is 9.23 Å². The summed E-state index contributed by atoms with van der Waals surface area (Å²) in [6.07, 6.45) is 3.14. The Morgan fingerprint density at radius 1 is 1.55 bits per heavy atom. The van der Waals surface area contributed by atoms with Gasteiger partial charge in [0.2, 0.25) is 0 Å². The number of rotatable bonds is 4. The van der Waals surface area contributed by atoms with Gasteiger partial charge in [0.1, 0.15) is 0 Å². The van der Waals surface area contributed by atoms with Crippen molar-refractivity contribution in [2.75, 3.05) is 13.7 Å². The molecular weight excluding hydrogens is 220 g/mol. The van der Waals surface area contributed by atoms with Crippen LogP contribution in [0.25, 0.3) is 0 Å². The van der Waals surface area contributed by atoms with Crippen molar-refractivity contribution in [2.24, 2.45) is 0 Å². The first-order valence-corrected chi connectivity index (χ1v) is 3.20. The maximum Gasteiger partial charge on any atom is 0.0338 e. The molecular formula is C8H13FOY-2. The molecule has 0 spiro atoms. The van der Waals surface area contributed by atoms with E-state index in [1.807, 2.05) is 0 Å². The van der Waals surface area contributed by atoms with Gasteiger partial charge in [-0.1, -0.05) is 0 Å². The predicted octanol–water partition coefficient (Wildman–Crippen LogP) is 2.30. The van der Waals surface area contributed by atoms with Crippen molar-refractivity contribution in [3.05, 3.63) is 24.2 Å². The van der Waals surface area contributed by atoms with Crippen LogP contribution >= 0.6 is 0 Å². The predicted molar refractivity (Wildman–Crippen MR) is 40.0 cm³/mol. The molecule has 0 aromatic carbocycles. The largest absolute Gasteiger partial charge is 0.400 e. The fraction of sp³-hybridized carbons (Fsp3) is 0.500. The minimum absolute atomic E-state index is 0. The Labute approximate surface area is 93.3 Å². The number of hydrogen-bond donors (Lipinski definition) is 0. The Bertz CT molecular complexity index is 123. The average Bonchev–Trinajstić information content (AvgIpc) is 1.98. The summed E-state index contributed by atoms with van der Waals surface area (Å²) in [5.74, 6) is -0.183. The fourth-order valence-electron chi connectivity index (χ4n) is 0.534. The van der Waals surface area contributed by atoms with Crippen LogP contribution in [0.5, 0.6) is 0 Å². The molecule has 0 atom stereocenters. The van der Waals surface area contributed by atoms with Crippen LogP contribution in [0.2, 0.25) is 0 Å². The number of methoxy groups -OCH3 is 1. The molecule has 0 saturated heterocycles. The van der Waals surface area contributed by atoms with Crippen molar-refractivity contribution in [1.29, 1.82) is 0 Å². The van der Waals surface area contributed by atoms with E-state index in [2.05, 4.69) is 0 Å². The smallest absolute Gasteiger partial charge is 0.0338 e. The third-order valence-electron chi connectivity index (χ3n) is 1.19. The Morgan fingerprint density at radius 2 is 2.09 bits per heavy atom. The van der Waals surface area contributed by atoms with E-state index in [9.17, 15) is 4.39 Å². The minimum atomic E-state index is -0.183. The second kappa shape index (κ2) is 8.57. The van der Waals surface area contributed by atoms with E-state index in [0.717, 1.165) is 0 Å². The SMILES string of the molecule is C[CH-]/C(F)=C(/C)[CH-]COC.[Y]. The van der Waals surface area contributed by atoms with Gasteiger partial charge in [0.05, 0.1) is 0 Å². The van der Waals surface area contributed by atoms with Gasteiger partial charge in [-0.15, -0.1) is 13.8 Å². The summed E-state index contributed by atoms with van der Waals surface area (Å²) in [6, 6.07) is 0. The maximum atomic E-state index is 12.6. The number of hydrogen-bond acceptors (Lipinski definition) is 1. The molecule has 0 aromatic rings. The van der Waals surface area contributed by atoms with Gasteiger partial charge in [-0.3, -0.25) is 12.8 Å². The van der Waals surface area contributed by atoms with Crippen molar-refractivity contribution in [2.45, 2.75) is 13.8 Å². The average molecular weight is 233 g/mol. The number of ether oxygens (including phenoxy) is 1. The van der Waals surface area contributed by atoms with E-state index in [0.29, 0.717) is 12.2 Å². The van der Waals surface area contributed by atoms with Crippen molar-refractivity contribution in [3.63, 3.8) is 0 Å². The molecule has 63 valence electrons.